The van der Waals surface area contributed by atoms with Gasteiger partial charge in [-0.05, 0) is 43.0 Å². The number of thioether (sulfide) groups is 1. The smallest absolute Gasteiger partial charge is 0.434 e. The molecule has 0 radical (unpaired) electrons. The summed E-state index contributed by atoms with van der Waals surface area (Å²) in [5.74, 6) is 2.91. The minimum absolute atomic E-state index is 0.265. The third-order valence-corrected chi connectivity index (χ3v) is 9.22. The van der Waals surface area contributed by atoms with Gasteiger partial charge >= 0.3 is 6.18 Å². The number of halogens is 3. The molecule has 10 nitrogen and oxygen atoms in total. The first-order chi connectivity index (χ1) is 23.2. The fourth-order valence-corrected chi connectivity index (χ4v) is 6.46. The molecule has 7 rings (SSSR count). The van der Waals surface area contributed by atoms with Crippen molar-refractivity contribution in [3.8, 4) is 34.4 Å². The molecular formula is C34H31F3N8O2S. The summed E-state index contributed by atoms with van der Waals surface area (Å²) in [6.45, 7) is 2.51. The number of hydrogen-bond donors (Lipinski definition) is 0. The van der Waals surface area contributed by atoms with Crippen molar-refractivity contribution < 1.29 is 22.6 Å². The average Bonchev–Trinajstić information content (AvgIpc) is 3.77. The highest BCUT2D eigenvalue weighted by atomic mass is 32.2. The van der Waals surface area contributed by atoms with Crippen LogP contribution in [0.1, 0.15) is 48.2 Å². The first kappa shape index (κ1) is 31.6. The Morgan fingerprint density at radius 2 is 1.67 bits per heavy atom. The Hall–Kier alpha value is -4.98. The maximum atomic E-state index is 13.4. The van der Waals surface area contributed by atoms with Crippen molar-refractivity contribution >= 4 is 22.8 Å². The molecule has 4 heterocycles. The van der Waals surface area contributed by atoms with E-state index in [9.17, 15) is 13.2 Å². The molecule has 0 N–H and O–H groups in total. The monoisotopic (exact) mass is 672 g/mol. The lowest BCUT2D eigenvalue weighted by Gasteiger charge is -2.11. The molecule has 0 amide bonds. The van der Waals surface area contributed by atoms with Crippen LogP contribution in [0.2, 0.25) is 0 Å². The lowest BCUT2D eigenvalue weighted by atomic mass is 10.1. The number of fused-ring (bicyclic) bond motifs is 1. The summed E-state index contributed by atoms with van der Waals surface area (Å²) in [7, 11) is 3.21. The largest absolute Gasteiger partial charge is 0.497 e. The zero-order valence-corrected chi connectivity index (χ0v) is 27.2. The summed E-state index contributed by atoms with van der Waals surface area (Å²) in [6, 6.07) is 15.2. The summed E-state index contributed by atoms with van der Waals surface area (Å²) < 4.78 is 54.4. The number of hydrogen-bond acceptors (Lipinski definition) is 9. The van der Waals surface area contributed by atoms with Gasteiger partial charge in [-0.1, -0.05) is 48.2 Å². The van der Waals surface area contributed by atoms with Crippen LogP contribution in [-0.4, -0.2) is 53.5 Å². The predicted molar refractivity (Wildman–Crippen MR) is 175 cm³/mol. The summed E-state index contributed by atoms with van der Waals surface area (Å²) in [4.78, 5) is 22.5. The van der Waals surface area contributed by atoms with Gasteiger partial charge in [0.15, 0.2) is 17.2 Å². The number of methoxy groups -OCH3 is 2. The molecule has 1 saturated carbocycles. The van der Waals surface area contributed by atoms with Crippen molar-refractivity contribution in [2.45, 2.75) is 55.7 Å². The second kappa shape index (κ2) is 12.9. The molecule has 14 heteroatoms. The number of alkyl halides is 3. The predicted octanol–water partition coefficient (Wildman–Crippen LogP) is 7.42. The Kier molecular flexibility index (Phi) is 8.50. The van der Waals surface area contributed by atoms with Crippen LogP contribution in [0.3, 0.4) is 0 Å². The van der Waals surface area contributed by atoms with E-state index in [1.54, 1.807) is 51.2 Å². The highest BCUT2D eigenvalue weighted by Gasteiger charge is 2.35. The van der Waals surface area contributed by atoms with Gasteiger partial charge in [-0.2, -0.15) is 18.3 Å². The van der Waals surface area contributed by atoms with Crippen molar-refractivity contribution in [2.75, 3.05) is 14.2 Å². The van der Waals surface area contributed by atoms with E-state index in [-0.39, 0.29) is 5.82 Å². The topological polar surface area (TPSA) is 106 Å². The minimum atomic E-state index is -4.52. The van der Waals surface area contributed by atoms with Crippen LogP contribution in [0.15, 0.2) is 72.3 Å². The van der Waals surface area contributed by atoms with Crippen molar-refractivity contribution in [3.63, 3.8) is 0 Å². The zero-order chi connectivity index (χ0) is 33.4. The SMILES string of the molecule is CCn1cc(C(F)(F)F)nc1-c1ccc(Cn2nc(SCc3ccc(OC)cc3)c3cnc(-c4c(OC)ncnc4C4CC4)nc32)cc1. The third-order valence-electron chi connectivity index (χ3n) is 8.16. The van der Waals surface area contributed by atoms with Crippen molar-refractivity contribution in [1.82, 2.24) is 39.3 Å². The van der Waals surface area contributed by atoms with E-state index in [2.05, 4.69) is 15.0 Å². The van der Waals surface area contributed by atoms with E-state index in [1.165, 1.54) is 10.9 Å². The summed E-state index contributed by atoms with van der Waals surface area (Å²) in [6.07, 6.45) is 1.88. The Bertz CT molecular complexity index is 2070. The van der Waals surface area contributed by atoms with Gasteiger partial charge in [0.1, 0.15) is 28.5 Å². The highest BCUT2D eigenvalue weighted by molar-refractivity contribution is 7.98. The van der Waals surface area contributed by atoms with E-state index in [0.29, 0.717) is 53.2 Å². The van der Waals surface area contributed by atoms with E-state index < -0.39 is 11.9 Å². The van der Waals surface area contributed by atoms with E-state index in [4.69, 9.17) is 24.5 Å². The average molecular weight is 673 g/mol. The van der Waals surface area contributed by atoms with E-state index in [0.717, 1.165) is 52.0 Å². The zero-order valence-electron chi connectivity index (χ0n) is 26.4. The van der Waals surface area contributed by atoms with Gasteiger partial charge in [0, 0.05) is 36.2 Å². The van der Waals surface area contributed by atoms with Crippen molar-refractivity contribution in [3.05, 3.63) is 89.8 Å². The van der Waals surface area contributed by atoms with Gasteiger partial charge in [0.2, 0.25) is 5.88 Å². The number of nitrogens with zero attached hydrogens (tertiary/aromatic N) is 8. The quantitative estimate of drug-likeness (QED) is 0.130. The van der Waals surface area contributed by atoms with E-state index >= 15 is 0 Å². The van der Waals surface area contributed by atoms with Crippen molar-refractivity contribution in [1.29, 1.82) is 0 Å². The number of aryl methyl sites for hydroxylation is 1. The molecule has 0 unspecified atom stereocenters. The second-order valence-electron chi connectivity index (χ2n) is 11.4. The van der Waals surface area contributed by atoms with Gasteiger partial charge in [-0.15, -0.1) is 0 Å². The number of benzene rings is 2. The molecule has 1 fully saturated rings. The molecule has 4 aromatic heterocycles. The summed E-state index contributed by atoms with van der Waals surface area (Å²) in [5.41, 5.74) is 3.85. The fourth-order valence-electron chi connectivity index (χ4n) is 5.51. The number of ether oxygens (including phenoxy) is 2. The molecule has 1 aliphatic carbocycles. The Labute approximate surface area is 278 Å². The van der Waals surface area contributed by atoms with Gasteiger partial charge < -0.3 is 14.0 Å². The van der Waals surface area contributed by atoms with Crippen LogP contribution in [0.5, 0.6) is 11.6 Å². The van der Waals surface area contributed by atoms with Crippen LogP contribution >= 0.6 is 11.8 Å². The third kappa shape index (κ3) is 6.31. The molecular weight excluding hydrogens is 641 g/mol. The van der Waals surface area contributed by atoms with Gasteiger partial charge in [0.25, 0.3) is 0 Å². The Morgan fingerprint density at radius 1 is 0.917 bits per heavy atom. The summed E-state index contributed by atoms with van der Waals surface area (Å²) >= 11 is 1.58. The first-order valence-corrected chi connectivity index (χ1v) is 16.4. The lowest BCUT2D eigenvalue weighted by molar-refractivity contribution is -0.140. The molecule has 48 heavy (non-hydrogen) atoms. The Balaban J connectivity index is 1.25. The van der Waals surface area contributed by atoms with Crippen LogP contribution in [0, 0.1) is 0 Å². The van der Waals surface area contributed by atoms with Crippen LogP contribution in [0.25, 0.3) is 33.8 Å². The second-order valence-corrected chi connectivity index (χ2v) is 12.3. The molecule has 0 bridgehead atoms. The molecule has 246 valence electrons. The standard InChI is InChI=1S/C34H31F3N8O2S/c1-4-44-17-26(34(35,36)37)41-30(44)23-9-5-20(6-10-23)16-45-31-25(33(43-45)48-18-21-7-13-24(46-2)14-8-21)15-38-29(42-31)27-28(22-11-12-22)39-19-40-32(27)47-3/h5-10,13-15,17,19,22H,4,11-12,16,18H2,1-3H3. The lowest BCUT2D eigenvalue weighted by Crippen LogP contribution is -2.05. The normalized spacial score (nSPS) is 13.3. The van der Waals surface area contributed by atoms with Crippen molar-refractivity contribution in [2.24, 2.45) is 0 Å². The Morgan fingerprint density at radius 3 is 2.33 bits per heavy atom. The van der Waals surface area contributed by atoms with Gasteiger partial charge in [-0.25, -0.2) is 29.6 Å². The number of imidazole rings is 1. The maximum Gasteiger partial charge on any atom is 0.434 e. The summed E-state index contributed by atoms with van der Waals surface area (Å²) in [5, 5.41) is 6.53. The van der Waals surface area contributed by atoms with Crippen LogP contribution in [0.4, 0.5) is 13.2 Å². The maximum absolute atomic E-state index is 13.4. The molecule has 0 aliphatic heterocycles. The molecule has 1 aliphatic rings. The van der Waals surface area contributed by atoms with Gasteiger partial charge in [-0.3, -0.25) is 0 Å². The molecule has 2 aromatic carbocycles. The van der Waals surface area contributed by atoms with Gasteiger partial charge in [0.05, 0.1) is 31.8 Å². The van der Waals surface area contributed by atoms with Crippen LogP contribution in [-0.2, 0) is 25.0 Å². The molecule has 6 aromatic rings. The highest BCUT2D eigenvalue weighted by Crippen LogP contribution is 2.45. The number of rotatable bonds is 11. The molecule has 0 saturated heterocycles. The minimum Gasteiger partial charge on any atom is -0.497 e. The van der Waals surface area contributed by atoms with Crippen LogP contribution < -0.4 is 9.47 Å². The fraction of sp³-hybridized carbons (Fsp3) is 0.294. The molecule has 0 spiro atoms. The number of aromatic nitrogens is 8. The first-order valence-electron chi connectivity index (χ1n) is 15.4. The van der Waals surface area contributed by atoms with E-state index in [1.807, 2.05) is 41.1 Å². The molecule has 0 atom stereocenters.